The van der Waals surface area contributed by atoms with Crippen LogP contribution in [0.1, 0.15) is 0 Å². The molecular weight excluding hydrogens is 311 g/mol. The van der Waals surface area contributed by atoms with Crippen LogP contribution in [0.2, 0.25) is 0 Å². The Hall–Kier alpha value is -2.01. The van der Waals surface area contributed by atoms with Crippen LogP contribution in [-0.4, -0.2) is 10.1 Å². The van der Waals surface area contributed by atoms with Crippen molar-refractivity contribution in [2.45, 2.75) is 0 Å². The average molecular weight is 319 g/mol. The van der Waals surface area contributed by atoms with Crippen molar-refractivity contribution in [3.63, 3.8) is 0 Å². The lowest BCUT2D eigenvalue weighted by Gasteiger charge is -1.95. The molecule has 19 heavy (non-hydrogen) atoms. The van der Waals surface area contributed by atoms with Gasteiger partial charge in [0.25, 0.3) is 5.89 Å². The molecule has 0 radical (unpaired) electrons. The van der Waals surface area contributed by atoms with Crippen molar-refractivity contribution in [3.8, 4) is 22.8 Å². The first-order valence-electron chi connectivity index (χ1n) is 5.58. The first-order chi connectivity index (χ1) is 9.24. The molecule has 0 aliphatic rings. The van der Waals surface area contributed by atoms with Gasteiger partial charge in [-0.05, 0) is 36.4 Å². The third-order valence-corrected chi connectivity index (χ3v) is 3.16. The summed E-state index contributed by atoms with van der Waals surface area (Å²) in [6.45, 7) is 0. The van der Waals surface area contributed by atoms with Crippen molar-refractivity contribution in [1.82, 2.24) is 10.1 Å². The molecule has 0 saturated carbocycles. The average Bonchev–Trinajstić information content (AvgIpc) is 2.89. The molecule has 0 fully saturated rings. The lowest BCUT2D eigenvalue weighted by Crippen LogP contribution is -1.85. The molecule has 0 bridgehead atoms. The summed E-state index contributed by atoms with van der Waals surface area (Å²) in [7, 11) is 0. The molecule has 0 aliphatic carbocycles. The summed E-state index contributed by atoms with van der Waals surface area (Å²) >= 11 is 3.35. The van der Waals surface area contributed by atoms with Gasteiger partial charge in [0, 0.05) is 10.0 Å². The van der Waals surface area contributed by atoms with Gasteiger partial charge in [-0.25, -0.2) is 4.39 Å². The zero-order valence-electron chi connectivity index (χ0n) is 9.68. The largest absolute Gasteiger partial charge is 0.334 e. The van der Waals surface area contributed by atoms with Crippen molar-refractivity contribution < 1.29 is 8.91 Å². The third kappa shape index (κ3) is 2.42. The van der Waals surface area contributed by atoms with E-state index in [0.717, 1.165) is 10.0 Å². The van der Waals surface area contributed by atoms with Gasteiger partial charge in [-0.2, -0.15) is 4.98 Å². The van der Waals surface area contributed by atoms with E-state index in [2.05, 4.69) is 26.1 Å². The van der Waals surface area contributed by atoms with Crippen LogP contribution < -0.4 is 0 Å². The van der Waals surface area contributed by atoms with Crippen molar-refractivity contribution in [2.75, 3.05) is 0 Å². The van der Waals surface area contributed by atoms with Crippen molar-refractivity contribution >= 4 is 15.9 Å². The maximum Gasteiger partial charge on any atom is 0.258 e. The van der Waals surface area contributed by atoms with Crippen LogP contribution in [0.3, 0.4) is 0 Å². The first kappa shape index (κ1) is 12.0. The minimum absolute atomic E-state index is 0.246. The third-order valence-electron chi connectivity index (χ3n) is 2.63. The minimum Gasteiger partial charge on any atom is -0.334 e. The van der Waals surface area contributed by atoms with Crippen molar-refractivity contribution in [2.24, 2.45) is 0 Å². The number of rotatable bonds is 2. The Kier molecular flexibility index (Phi) is 3.13. The molecule has 3 aromatic rings. The van der Waals surface area contributed by atoms with E-state index in [1.807, 2.05) is 24.3 Å². The van der Waals surface area contributed by atoms with Gasteiger partial charge in [-0.1, -0.05) is 33.2 Å². The molecule has 0 amide bonds. The van der Waals surface area contributed by atoms with E-state index in [1.54, 1.807) is 18.2 Å². The zero-order chi connectivity index (χ0) is 13.2. The highest BCUT2D eigenvalue weighted by Crippen LogP contribution is 2.24. The van der Waals surface area contributed by atoms with Gasteiger partial charge in [0.2, 0.25) is 5.82 Å². The zero-order valence-corrected chi connectivity index (χ0v) is 11.3. The van der Waals surface area contributed by atoms with Gasteiger partial charge in [-0.3, -0.25) is 0 Å². The quantitative estimate of drug-likeness (QED) is 0.707. The van der Waals surface area contributed by atoms with E-state index >= 15 is 0 Å². The molecule has 0 saturated heterocycles. The summed E-state index contributed by atoms with van der Waals surface area (Å²) in [6, 6.07) is 13.8. The van der Waals surface area contributed by atoms with Gasteiger partial charge >= 0.3 is 0 Å². The Bertz CT molecular complexity index is 709. The van der Waals surface area contributed by atoms with Gasteiger partial charge in [-0.15, -0.1) is 0 Å². The number of aromatic nitrogens is 2. The van der Waals surface area contributed by atoms with Gasteiger partial charge in [0.15, 0.2) is 0 Å². The predicted octanol–water partition coefficient (Wildman–Crippen LogP) is 4.31. The fourth-order valence-electron chi connectivity index (χ4n) is 1.69. The first-order valence-corrected chi connectivity index (χ1v) is 6.38. The van der Waals surface area contributed by atoms with E-state index in [1.165, 1.54) is 6.07 Å². The van der Waals surface area contributed by atoms with Gasteiger partial charge in [0.05, 0.1) is 5.56 Å². The summed E-state index contributed by atoms with van der Waals surface area (Å²) in [6.07, 6.45) is 0. The number of benzene rings is 2. The summed E-state index contributed by atoms with van der Waals surface area (Å²) in [4.78, 5) is 4.21. The minimum atomic E-state index is -0.370. The van der Waals surface area contributed by atoms with Crippen LogP contribution in [0.25, 0.3) is 22.8 Å². The van der Waals surface area contributed by atoms with Crippen molar-refractivity contribution in [1.29, 1.82) is 0 Å². The fraction of sp³-hybridized carbons (Fsp3) is 0. The molecule has 0 atom stereocenters. The molecule has 0 N–H and O–H groups in total. The molecule has 0 spiro atoms. The van der Waals surface area contributed by atoms with Crippen LogP contribution in [0.4, 0.5) is 4.39 Å². The van der Waals surface area contributed by atoms with E-state index in [9.17, 15) is 4.39 Å². The molecule has 0 unspecified atom stereocenters. The number of hydrogen-bond donors (Lipinski definition) is 0. The molecule has 3 rings (SSSR count). The maximum absolute atomic E-state index is 13.6. The summed E-state index contributed by atoms with van der Waals surface area (Å²) < 4.78 is 19.7. The van der Waals surface area contributed by atoms with Crippen LogP contribution in [-0.2, 0) is 0 Å². The van der Waals surface area contributed by atoms with E-state index < -0.39 is 0 Å². The van der Waals surface area contributed by atoms with E-state index in [0.29, 0.717) is 11.5 Å². The molecule has 2 aromatic carbocycles. The topological polar surface area (TPSA) is 38.9 Å². The van der Waals surface area contributed by atoms with Crippen LogP contribution in [0, 0.1) is 5.82 Å². The number of nitrogens with zero attached hydrogens (tertiary/aromatic N) is 2. The second-order valence-electron chi connectivity index (χ2n) is 3.91. The van der Waals surface area contributed by atoms with Gasteiger partial charge in [0.1, 0.15) is 5.82 Å². The Morgan fingerprint density at radius 3 is 2.47 bits per heavy atom. The lowest BCUT2D eigenvalue weighted by molar-refractivity contribution is 0.432. The fourth-order valence-corrected chi connectivity index (χ4v) is 1.95. The molecule has 3 nitrogen and oxygen atoms in total. The second-order valence-corrected chi connectivity index (χ2v) is 4.83. The smallest absolute Gasteiger partial charge is 0.258 e. The highest BCUT2D eigenvalue weighted by Gasteiger charge is 2.13. The number of halogens is 2. The molecule has 5 heteroatoms. The standard InChI is InChI=1S/C14H8BrFN2O/c15-10-7-5-9(6-8-10)14-17-13(18-19-14)11-3-1-2-4-12(11)16/h1-8H. The van der Waals surface area contributed by atoms with Crippen LogP contribution in [0.5, 0.6) is 0 Å². The Morgan fingerprint density at radius 1 is 1.00 bits per heavy atom. The Morgan fingerprint density at radius 2 is 1.74 bits per heavy atom. The summed E-state index contributed by atoms with van der Waals surface area (Å²) in [5.74, 6) is 0.243. The highest BCUT2D eigenvalue weighted by molar-refractivity contribution is 9.10. The Balaban J connectivity index is 2.00. The lowest BCUT2D eigenvalue weighted by atomic mass is 10.2. The molecular formula is C14H8BrFN2O. The second kappa shape index (κ2) is 4.93. The van der Waals surface area contributed by atoms with Crippen LogP contribution >= 0.6 is 15.9 Å². The predicted molar refractivity (Wildman–Crippen MR) is 72.8 cm³/mol. The normalized spacial score (nSPS) is 10.6. The SMILES string of the molecule is Fc1ccccc1-c1noc(-c2ccc(Br)cc2)n1. The van der Waals surface area contributed by atoms with E-state index in [4.69, 9.17) is 4.52 Å². The van der Waals surface area contributed by atoms with Crippen LogP contribution in [0.15, 0.2) is 57.5 Å². The molecule has 0 aliphatic heterocycles. The summed E-state index contributed by atoms with van der Waals surface area (Å²) in [5.41, 5.74) is 1.12. The number of hydrogen-bond acceptors (Lipinski definition) is 3. The van der Waals surface area contributed by atoms with Crippen molar-refractivity contribution in [3.05, 3.63) is 58.8 Å². The molecule has 1 heterocycles. The van der Waals surface area contributed by atoms with E-state index in [-0.39, 0.29) is 11.6 Å². The Labute approximate surface area is 117 Å². The van der Waals surface area contributed by atoms with Gasteiger partial charge < -0.3 is 4.52 Å². The monoisotopic (exact) mass is 318 g/mol. The summed E-state index contributed by atoms with van der Waals surface area (Å²) in [5, 5.41) is 3.81. The highest BCUT2D eigenvalue weighted by atomic mass is 79.9. The maximum atomic E-state index is 13.6. The molecule has 94 valence electrons. The molecule has 1 aromatic heterocycles.